The summed E-state index contributed by atoms with van der Waals surface area (Å²) in [5.74, 6) is 0.954. The summed E-state index contributed by atoms with van der Waals surface area (Å²) in [6.07, 6.45) is 10.1. The molecule has 1 aromatic rings. The van der Waals surface area contributed by atoms with E-state index < -0.39 is 0 Å². The van der Waals surface area contributed by atoms with Gasteiger partial charge in [0.15, 0.2) is 0 Å². The van der Waals surface area contributed by atoms with Gasteiger partial charge in [0, 0.05) is 30.6 Å². The Hall–Kier alpha value is -0.380. The maximum absolute atomic E-state index is 3.71. The van der Waals surface area contributed by atoms with Crippen LogP contribution in [0.25, 0.3) is 0 Å². The third kappa shape index (κ3) is 4.57. The van der Waals surface area contributed by atoms with Crippen LogP contribution in [-0.4, -0.2) is 30.6 Å². The Labute approximate surface area is 127 Å². The molecule has 0 aliphatic heterocycles. The van der Waals surface area contributed by atoms with Crippen LogP contribution in [0.4, 0.5) is 0 Å². The average molecular weight is 292 g/mol. The largest absolute Gasteiger partial charge is 0.315 e. The van der Waals surface area contributed by atoms with E-state index >= 15 is 0 Å². The van der Waals surface area contributed by atoms with E-state index in [-0.39, 0.29) is 0 Å². The summed E-state index contributed by atoms with van der Waals surface area (Å²) in [4.78, 5) is 4.20. The molecule has 3 heteroatoms. The van der Waals surface area contributed by atoms with Gasteiger partial charge in [0.2, 0.25) is 0 Å². The second-order valence-corrected chi connectivity index (χ2v) is 7.52. The van der Waals surface area contributed by atoms with Crippen LogP contribution < -0.4 is 5.32 Å². The molecule has 0 radical (unpaired) electrons. The molecule has 0 bridgehead atoms. The van der Waals surface area contributed by atoms with E-state index in [9.17, 15) is 0 Å². The van der Waals surface area contributed by atoms with Gasteiger partial charge in [0.1, 0.15) is 0 Å². The van der Waals surface area contributed by atoms with Gasteiger partial charge >= 0.3 is 0 Å². The van der Waals surface area contributed by atoms with E-state index in [2.05, 4.69) is 27.7 Å². The van der Waals surface area contributed by atoms with Crippen molar-refractivity contribution in [2.24, 2.45) is 5.92 Å². The minimum Gasteiger partial charge on any atom is -0.315 e. The SMILES string of the molecule is c1csc(CN(CCNCC2CCCCC2)C2CC2)c1. The van der Waals surface area contributed by atoms with Crippen LogP contribution in [0.15, 0.2) is 17.5 Å². The van der Waals surface area contributed by atoms with Crippen molar-refractivity contribution < 1.29 is 0 Å². The molecule has 112 valence electrons. The lowest BCUT2D eigenvalue weighted by molar-refractivity contribution is 0.251. The van der Waals surface area contributed by atoms with Crippen molar-refractivity contribution in [3.05, 3.63) is 22.4 Å². The normalized spacial score (nSPS) is 20.6. The van der Waals surface area contributed by atoms with Crippen LogP contribution in [0.2, 0.25) is 0 Å². The zero-order chi connectivity index (χ0) is 13.6. The van der Waals surface area contributed by atoms with Gasteiger partial charge in [-0.05, 0) is 49.6 Å². The topological polar surface area (TPSA) is 15.3 Å². The monoisotopic (exact) mass is 292 g/mol. The van der Waals surface area contributed by atoms with E-state index in [4.69, 9.17) is 0 Å². The number of thiophene rings is 1. The van der Waals surface area contributed by atoms with E-state index in [1.807, 2.05) is 11.3 Å². The number of nitrogens with zero attached hydrogens (tertiary/aromatic N) is 1. The molecular weight excluding hydrogens is 264 g/mol. The number of rotatable bonds is 8. The number of nitrogens with one attached hydrogen (secondary N) is 1. The maximum atomic E-state index is 3.71. The summed E-state index contributed by atoms with van der Waals surface area (Å²) >= 11 is 1.90. The van der Waals surface area contributed by atoms with Crippen molar-refractivity contribution in [2.75, 3.05) is 19.6 Å². The molecule has 1 heterocycles. The highest BCUT2D eigenvalue weighted by atomic mass is 32.1. The van der Waals surface area contributed by atoms with Crippen molar-refractivity contribution >= 4 is 11.3 Å². The Bertz CT molecular complexity index is 366. The van der Waals surface area contributed by atoms with Gasteiger partial charge < -0.3 is 5.32 Å². The first-order chi connectivity index (χ1) is 9.92. The lowest BCUT2D eigenvalue weighted by atomic mass is 9.89. The molecule has 1 aromatic heterocycles. The summed E-state index contributed by atoms with van der Waals surface area (Å²) < 4.78 is 0. The van der Waals surface area contributed by atoms with Crippen LogP contribution in [-0.2, 0) is 6.54 Å². The van der Waals surface area contributed by atoms with Crippen molar-refractivity contribution in [3.8, 4) is 0 Å². The van der Waals surface area contributed by atoms with Gasteiger partial charge in [-0.15, -0.1) is 11.3 Å². The highest BCUT2D eigenvalue weighted by Gasteiger charge is 2.28. The molecule has 2 aliphatic rings. The fraction of sp³-hybridized carbons (Fsp3) is 0.765. The fourth-order valence-electron chi connectivity index (χ4n) is 3.35. The highest BCUT2D eigenvalue weighted by Crippen LogP contribution is 2.28. The minimum atomic E-state index is 0.869. The van der Waals surface area contributed by atoms with Crippen LogP contribution >= 0.6 is 11.3 Å². The zero-order valence-corrected chi connectivity index (χ0v) is 13.3. The van der Waals surface area contributed by atoms with Crippen LogP contribution in [0.1, 0.15) is 49.8 Å². The summed E-state index contributed by atoms with van der Waals surface area (Å²) in [7, 11) is 0. The van der Waals surface area contributed by atoms with Crippen molar-refractivity contribution in [3.63, 3.8) is 0 Å². The smallest absolute Gasteiger partial charge is 0.0331 e. The second kappa shape index (κ2) is 7.58. The van der Waals surface area contributed by atoms with E-state index in [0.29, 0.717) is 0 Å². The van der Waals surface area contributed by atoms with Crippen LogP contribution in [0.5, 0.6) is 0 Å². The third-order valence-corrected chi connectivity index (χ3v) is 5.60. The Balaban J connectivity index is 1.34. The molecule has 0 aromatic carbocycles. The first-order valence-corrected chi connectivity index (χ1v) is 9.27. The lowest BCUT2D eigenvalue weighted by Gasteiger charge is -2.24. The average Bonchev–Trinajstić information content (AvgIpc) is 3.21. The van der Waals surface area contributed by atoms with Crippen LogP contribution in [0.3, 0.4) is 0 Å². The molecule has 2 saturated carbocycles. The van der Waals surface area contributed by atoms with Gasteiger partial charge in [0.25, 0.3) is 0 Å². The van der Waals surface area contributed by atoms with Crippen molar-refractivity contribution in [1.82, 2.24) is 10.2 Å². The number of hydrogen-bond donors (Lipinski definition) is 1. The van der Waals surface area contributed by atoms with Gasteiger partial charge in [-0.1, -0.05) is 25.3 Å². The molecule has 20 heavy (non-hydrogen) atoms. The molecule has 0 unspecified atom stereocenters. The Morgan fingerprint density at radius 2 is 2.00 bits per heavy atom. The third-order valence-electron chi connectivity index (χ3n) is 4.74. The fourth-order valence-corrected chi connectivity index (χ4v) is 4.08. The molecule has 2 aliphatic carbocycles. The summed E-state index contributed by atoms with van der Waals surface area (Å²) in [6.45, 7) is 4.79. The molecule has 0 atom stereocenters. The van der Waals surface area contributed by atoms with E-state index in [1.54, 1.807) is 0 Å². The molecule has 3 rings (SSSR count). The second-order valence-electron chi connectivity index (χ2n) is 6.49. The molecule has 0 saturated heterocycles. The van der Waals surface area contributed by atoms with Gasteiger partial charge in [-0.3, -0.25) is 4.90 Å². The van der Waals surface area contributed by atoms with Gasteiger partial charge in [-0.2, -0.15) is 0 Å². The minimum absolute atomic E-state index is 0.869. The predicted molar refractivity (Wildman–Crippen MR) is 87.2 cm³/mol. The van der Waals surface area contributed by atoms with Crippen molar-refractivity contribution in [2.45, 2.75) is 57.5 Å². The maximum Gasteiger partial charge on any atom is 0.0331 e. The molecular formula is C17H28N2S. The molecule has 0 spiro atoms. The molecule has 2 nitrogen and oxygen atoms in total. The van der Waals surface area contributed by atoms with Gasteiger partial charge in [0.05, 0.1) is 0 Å². The van der Waals surface area contributed by atoms with Gasteiger partial charge in [-0.25, -0.2) is 0 Å². The standard InChI is InChI=1S/C17H28N2S/c1-2-5-15(6-3-1)13-18-10-11-19(16-8-9-16)14-17-7-4-12-20-17/h4,7,12,15-16,18H,1-3,5-6,8-11,13-14H2. The summed E-state index contributed by atoms with van der Waals surface area (Å²) in [6, 6.07) is 5.32. The quantitative estimate of drug-likeness (QED) is 0.731. The summed E-state index contributed by atoms with van der Waals surface area (Å²) in [5, 5.41) is 5.91. The first kappa shape index (κ1) is 14.6. The molecule has 0 amide bonds. The summed E-state index contributed by atoms with van der Waals surface area (Å²) in [5.41, 5.74) is 0. The zero-order valence-electron chi connectivity index (χ0n) is 12.5. The van der Waals surface area contributed by atoms with Crippen molar-refractivity contribution in [1.29, 1.82) is 0 Å². The predicted octanol–water partition coefficient (Wildman–Crippen LogP) is 3.88. The Morgan fingerprint density at radius 3 is 2.70 bits per heavy atom. The lowest BCUT2D eigenvalue weighted by Crippen LogP contribution is -2.35. The molecule has 1 N–H and O–H groups in total. The van der Waals surface area contributed by atoms with E-state index in [1.165, 1.54) is 69.5 Å². The molecule has 2 fully saturated rings. The highest BCUT2D eigenvalue weighted by molar-refractivity contribution is 7.09. The van der Waals surface area contributed by atoms with Crippen LogP contribution in [0, 0.1) is 5.92 Å². The Morgan fingerprint density at radius 1 is 1.15 bits per heavy atom. The Kier molecular flexibility index (Phi) is 5.51. The number of hydrogen-bond acceptors (Lipinski definition) is 3. The first-order valence-electron chi connectivity index (χ1n) is 8.39. The van der Waals surface area contributed by atoms with E-state index in [0.717, 1.165) is 18.5 Å².